The second-order valence-electron chi connectivity index (χ2n) is 2.81. The SMILES string of the molecule is C=C1NCCc2ccccc21.CN. The molecule has 3 N–H and O–H groups in total. The van der Waals surface area contributed by atoms with Crippen LogP contribution in [0.15, 0.2) is 30.8 Å². The number of fused-ring (bicyclic) bond motifs is 1. The van der Waals surface area contributed by atoms with E-state index in [-0.39, 0.29) is 0 Å². The van der Waals surface area contributed by atoms with Crippen molar-refractivity contribution in [1.29, 1.82) is 0 Å². The molecule has 1 aliphatic rings. The summed E-state index contributed by atoms with van der Waals surface area (Å²) in [4.78, 5) is 0. The average Bonchev–Trinajstić information content (AvgIpc) is 2.22. The predicted octanol–water partition coefficient (Wildman–Crippen LogP) is 1.38. The van der Waals surface area contributed by atoms with E-state index in [1.165, 1.54) is 18.2 Å². The smallest absolute Gasteiger partial charge is 0.0343 e. The molecule has 0 aliphatic carbocycles. The Hall–Kier alpha value is -1.28. The van der Waals surface area contributed by atoms with Crippen molar-refractivity contribution >= 4 is 5.70 Å². The molecule has 1 aromatic rings. The summed E-state index contributed by atoms with van der Waals surface area (Å²) in [5.41, 5.74) is 8.25. The first kappa shape index (κ1) is 9.81. The zero-order valence-electron chi connectivity index (χ0n) is 8.01. The molecule has 70 valence electrons. The van der Waals surface area contributed by atoms with Crippen LogP contribution in [0.1, 0.15) is 11.1 Å². The zero-order chi connectivity index (χ0) is 9.68. The number of nitrogens with two attached hydrogens (primary N) is 1. The van der Waals surface area contributed by atoms with Gasteiger partial charge in [-0.1, -0.05) is 30.8 Å². The molecule has 0 unspecified atom stereocenters. The van der Waals surface area contributed by atoms with Crippen molar-refractivity contribution in [2.24, 2.45) is 5.73 Å². The highest BCUT2D eigenvalue weighted by Gasteiger charge is 2.09. The molecule has 0 atom stereocenters. The lowest BCUT2D eigenvalue weighted by atomic mass is 9.99. The monoisotopic (exact) mass is 176 g/mol. The van der Waals surface area contributed by atoms with Gasteiger partial charge in [-0.15, -0.1) is 0 Å². The fourth-order valence-electron chi connectivity index (χ4n) is 1.48. The van der Waals surface area contributed by atoms with Crippen LogP contribution in [0.5, 0.6) is 0 Å². The Morgan fingerprint density at radius 2 is 2.00 bits per heavy atom. The van der Waals surface area contributed by atoms with Gasteiger partial charge in [-0.05, 0) is 19.0 Å². The summed E-state index contributed by atoms with van der Waals surface area (Å²) in [6.07, 6.45) is 1.12. The van der Waals surface area contributed by atoms with Crippen molar-refractivity contribution < 1.29 is 0 Å². The topological polar surface area (TPSA) is 38.0 Å². The number of rotatable bonds is 0. The van der Waals surface area contributed by atoms with Gasteiger partial charge in [-0.3, -0.25) is 0 Å². The van der Waals surface area contributed by atoms with Crippen molar-refractivity contribution in [3.05, 3.63) is 42.0 Å². The van der Waals surface area contributed by atoms with E-state index in [1.54, 1.807) is 0 Å². The van der Waals surface area contributed by atoms with Gasteiger partial charge in [0.15, 0.2) is 0 Å². The van der Waals surface area contributed by atoms with Crippen LogP contribution in [0.2, 0.25) is 0 Å². The van der Waals surface area contributed by atoms with Gasteiger partial charge in [0, 0.05) is 17.8 Å². The van der Waals surface area contributed by atoms with Crippen LogP contribution in [0.4, 0.5) is 0 Å². The lowest BCUT2D eigenvalue weighted by Gasteiger charge is -2.19. The van der Waals surface area contributed by atoms with E-state index < -0.39 is 0 Å². The lowest BCUT2D eigenvalue weighted by molar-refractivity contribution is 0.816. The first-order valence-electron chi connectivity index (χ1n) is 4.47. The van der Waals surface area contributed by atoms with Crippen LogP contribution in [0.3, 0.4) is 0 Å². The molecule has 0 spiro atoms. The van der Waals surface area contributed by atoms with Gasteiger partial charge in [0.05, 0.1) is 0 Å². The van der Waals surface area contributed by atoms with Crippen LogP contribution in [-0.2, 0) is 6.42 Å². The molecule has 1 heterocycles. The van der Waals surface area contributed by atoms with Gasteiger partial charge in [-0.2, -0.15) is 0 Å². The second-order valence-corrected chi connectivity index (χ2v) is 2.81. The molecule has 0 radical (unpaired) electrons. The normalized spacial score (nSPS) is 13.5. The van der Waals surface area contributed by atoms with Crippen LogP contribution < -0.4 is 11.1 Å². The molecule has 0 saturated heterocycles. The quantitative estimate of drug-likeness (QED) is 0.626. The van der Waals surface area contributed by atoms with Crippen LogP contribution in [0.25, 0.3) is 5.70 Å². The van der Waals surface area contributed by atoms with Gasteiger partial charge < -0.3 is 11.1 Å². The largest absolute Gasteiger partial charge is 0.385 e. The average molecular weight is 176 g/mol. The summed E-state index contributed by atoms with van der Waals surface area (Å²) in [7, 11) is 1.50. The first-order valence-corrected chi connectivity index (χ1v) is 4.47. The summed E-state index contributed by atoms with van der Waals surface area (Å²) in [5, 5.41) is 3.24. The fourth-order valence-corrected chi connectivity index (χ4v) is 1.48. The summed E-state index contributed by atoms with van der Waals surface area (Å²) in [5.74, 6) is 0. The molecule has 0 aromatic heterocycles. The van der Waals surface area contributed by atoms with Crippen molar-refractivity contribution in [3.63, 3.8) is 0 Å². The highest BCUT2D eigenvalue weighted by molar-refractivity contribution is 5.66. The van der Waals surface area contributed by atoms with E-state index in [4.69, 9.17) is 0 Å². The number of benzene rings is 1. The van der Waals surface area contributed by atoms with Crippen LogP contribution in [0, 0.1) is 0 Å². The maximum atomic E-state index is 4.50. The standard InChI is InChI=1S/C10H11N.CH5N/c1-8-10-5-3-2-4-9(10)6-7-11-8;1-2/h2-5,11H,1,6-7H2;2H2,1H3. The molecule has 0 bridgehead atoms. The third-order valence-electron chi connectivity index (χ3n) is 2.08. The molecule has 1 aromatic carbocycles. The molecular weight excluding hydrogens is 160 g/mol. The first-order chi connectivity index (χ1) is 6.38. The zero-order valence-corrected chi connectivity index (χ0v) is 8.01. The Kier molecular flexibility index (Phi) is 3.53. The van der Waals surface area contributed by atoms with Gasteiger partial charge in [0.25, 0.3) is 0 Å². The lowest BCUT2D eigenvalue weighted by Crippen LogP contribution is -2.21. The van der Waals surface area contributed by atoms with E-state index in [0.29, 0.717) is 0 Å². The van der Waals surface area contributed by atoms with Crippen molar-refractivity contribution in [2.75, 3.05) is 13.6 Å². The van der Waals surface area contributed by atoms with Crippen molar-refractivity contribution in [1.82, 2.24) is 5.32 Å². The maximum absolute atomic E-state index is 4.50. The Labute approximate surface area is 79.5 Å². The second kappa shape index (κ2) is 4.67. The summed E-state index contributed by atoms with van der Waals surface area (Å²) < 4.78 is 0. The third kappa shape index (κ3) is 2.10. The number of hydrogen-bond acceptors (Lipinski definition) is 2. The van der Waals surface area contributed by atoms with E-state index in [1.807, 2.05) is 0 Å². The molecule has 2 heteroatoms. The molecule has 0 fully saturated rings. The summed E-state index contributed by atoms with van der Waals surface area (Å²) in [6.45, 7) is 4.97. The fraction of sp³-hybridized carbons (Fsp3) is 0.273. The highest BCUT2D eigenvalue weighted by atomic mass is 14.9. The van der Waals surface area contributed by atoms with Gasteiger partial charge in [0.2, 0.25) is 0 Å². The van der Waals surface area contributed by atoms with Gasteiger partial charge in [0.1, 0.15) is 0 Å². The highest BCUT2D eigenvalue weighted by Crippen LogP contribution is 2.19. The maximum Gasteiger partial charge on any atom is 0.0343 e. The Morgan fingerprint density at radius 3 is 2.69 bits per heavy atom. The molecule has 13 heavy (non-hydrogen) atoms. The molecule has 2 rings (SSSR count). The Balaban J connectivity index is 0.000000396. The minimum atomic E-state index is 1.02. The summed E-state index contributed by atoms with van der Waals surface area (Å²) >= 11 is 0. The number of nitrogens with one attached hydrogen (secondary N) is 1. The number of hydrogen-bond donors (Lipinski definition) is 2. The van der Waals surface area contributed by atoms with E-state index >= 15 is 0 Å². The van der Waals surface area contributed by atoms with Gasteiger partial charge >= 0.3 is 0 Å². The predicted molar refractivity (Wildman–Crippen MR) is 57.3 cm³/mol. The van der Waals surface area contributed by atoms with E-state index in [2.05, 4.69) is 41.9 Å². The van der Waals surface area contributed by atoms with Crippen molar-refractivity contribution in [3.8, 4) is 0 Å². The van der Waals surface area contributed by atoms with E-state index in [0.717, 1.165) is 18.7 Å². The third-order valence-corrected chi connectivity index (χ3v) is 2.08. The van der Waals surface area contributed by atoms with Gasteiger partial charge in [-0.25, -0.2) is 0 Å². The molecule has 0 amide bonds. The Bertz CT molecular complexity index is 292. The molecule has 2 nitrogen and oxygen atoms in total. The molecule has 0 saturated carbocycles. The van der Waals surface area contributed by atoms with Crippen molar-refractivity contribution in [2.45, 2.75) is 6.42 Å². The van der Waals surface area contributed by atoms with E-state index in [9.17, 15) is 0 Å². The minimum Gasteiger partial charge on any atom is -0.385 e. The molecular formula is C11H16N2. The Morgan fingerprint density at radius 1 is 1.31 bits per heavy atom. The molecule has 1 aliphatic heterocycles. The summed E-state index contributed by atoms with van der Waals surface area (Å²) in [6, 6.07) is 8.42. The van der Waals surface area contributed by atoms with Crippen LogP contribution in [-0.4, -0.2) is 13.6 Å². The van der Waals surface area contributed by atoms with Crippen LogP contribution >= 0.6 is 0 Å². The minimum absolute atomic E-state index is 1.02.